The largest absolute Gasteiger partial charge is 0.381 e. The zero-order chi connectivity index (χ0) is 10.5. The highest BCUT2D eigenvalue weighted by molar-refractivity contribution is 5.76. The Bertz CT molecular complexity index is 211. The highest BCUT2D eigenvalue weighted by atomic mass is 16.5. The van der Waals surface area contributed by atoms with Gasteiger partial charge in [0.15, 0.2) is 0 Å². The summed E-state index contributed by atoms with van der Waals surface area (Å²) < 4.78 is 5.28. The van der Waals surface area contributed by atoms with E-state index in [4.69, 9.17) is 4.74 Å². The van der Waals surface area contributed by atoms with E-state index in [2.05, 4.69) is 10.6 Å². The Hall–Kier alpha value is -0.610. The molecule has 86 valence electrons. The molecule has 1 saturated heterocycles. The van der Waals surface area contributed by atoms with Crippen molar-refractivity contribution in [2.75, 3.05) is 26.3 Å². The maximum Gasteiger partial charge on any atom is 0.221 e. The molecule has 0 aromatic heterocycles. The van der Waals surface area contributed by atoms with Crippen LogP contribution in [0.3, 0.4) is 0 Å². The molecule has 0 radical (unpaired) electrons. The third-order valence-electron chi connectivity index (χ3n) is 2.93. The third-order valence-corrected chi connectivity index (χ3v) is 2.93. The van der Waals surface area contributed by atoms with Crippen LogP contribution in [-0.2, 0) is 9.53 Å². The van der Waals surface area contributed by atoms with Crippen molar-refractivity contribution in [2.24, 2.45) is 5.92 Å². The van der Waals surface area contributed by atoms with Gasteiger partial charge in [-0.05, 0) is 25.2 Å². The minimum absolute atomic E-state index is 0.188. The van der Waals surface area contributed by atoms with E-state index in [1.807, 2.05) is 0 Å². The molecule has 0 aromatic carbocycles. The van der Waals surface area contributed by atoms with Gasteiger partial charge in [0.1, 0.15) is 0 Å². The minimum atomic E-state index is 0.188. The third kappa shape index (κ3) is 4.18. The average molecular weight is 212 g/mol. The van der Waals surface area contributed by atoms with Gasteiger partial charge in [-0.2, -0.15) is 0 Å². The fraction of sp³-hybridized carbons (Fsp3) is 0.909. The summed E-state index contributed by atoms with van der Waals surface area (Å²) in [4.78, 5) is 11.3. The molecule has 0 aromatic rings. The summed E-state index contributed by atoms with van der Waals surface area (Å²) in [6.07, 6.45) is 4.09. The molecule has 2 N–H and O–H groups in total. The van der Waals surface area contributed by atoms with Crippen LogP contribution in [0.25, 0.3) is 0 Å². The van der Waals surface area contributed by atoms with Crippen molar-refractivity contribution in [1.82, 2.24) is 10.6 Å². The SMILES string of the molecule is O=C(CCNCC1CCOC1)NC1CC1. The molecular weight excluding hydrogens is 192 g/mol. The number of carbonyl (C=O) groups is 1. The van der Waals surface area contributed by atoms with E-state index in [1.165, 1.54) is 12.8 Å². The van der Waals surface area contributed by atoms with E-state index in [0.29, 0.717) is 18.4 Å². The number of carbonyl (C=O) groups excluding carboxylic acids is 1. The Morgan fingerprint density at radius 3 is 2.87 bits per heavy atom. The lowest BCUT2D eigenvalue weighted by Gasteiger charge is -2.09. The molecular formula is C11H20N2O2. The second-order valence-corrected chi connectivity index (χ2v) is 4.53. The van der Waals surface area contributed by atoms with Crippen LogP contribution in [0.2, 0.25) is 0 Å². The van der Waals surface area contributed by atoms with Gasteiger partial charge in [-0.25, -0.2) is 0 Å². The first-order valence-corrected chi connectivity index (χ1v) is 5.92. The van der Waals surface area contributed by atoms with Crippen molar-refractivity contribution in [3.8, 4) is 0 Å². The van der Waals surface area contributed by atoms with E-state index >= 15 is 0 Å². The van der Waals surface area contributed by atoms with Gasteiger partial charge in [-0.1, -0.05) is 0 Å². The molecule has 4 heteroatoms. The van der Waals surface area contributed by atoms with E-state index < -0.39 is 0 Å². The van der Waals surface area contributed by atoms with Gasteiger partial charge in [0.05, 0.1) is 6.61 Å². The van der Waals surface area contributed by atoms with E-state index in [1.54, 1.807) is 0 Å². The lowest BCUT2D eigenvalue weighted by Crippen LogP contribution is -2.31. The summed E-state index contributed by atoms with van der Waals surface area (Å²) in [5, 5.41) is 6.29. The molecule has 0 spiro atoms. The molecule has 15 heavy (non-hydrogen) atoms. The monoisotopic (exact) mass is 212 g/mol. The summed E-state index contributed by atoms with van der Waals surface area (Å²) >= 11 is 0. The molecule has 2 aliphatic rings. The van der Waals surface area contributed by atoms with Gasteiger partial charge in [-0.3, -0.25) is 4.79 Å². The Balaban J connectivity index is 1.44. The normalized spacial score (nSPS) is 25.5. The number of hydrogen-bond donors (Lipinski definition) is 2. The van der Waals surface area contributed by atoms with Crippen molar-refractivity contribution in [3.05, 3.63) is 0 Å². The van der Waals surface area contributed by atoms with Gasteiger partial charge in [0.2, 0.25) is 5.91 Å². The Morgan fingerprint density at radius 2 is 2.20 bits per heavy atom. The zero-order valence-corrected chi connectivity index (χ0v) is 9.13. The van der Waals surface area contributed by atoms with E-state index in [0.717, 1.165) is 32.7 Å². The predicted molar refractivity (Wildman–Crippen MR) is 57.6 cm³/mol. The maximum atomic E-state index is 11.3. The molecule has 1 heterocycles. The molecule has 4 nitrogen and oxygen atoms in total. The number of ether oxygens (including phenoxy) is 1. The standard InChI is InChI=1S/C11H20N2O2/c14-11(13-10-1-2-10)3-5-12-7-9-4-6-15-8-9/h9-10,12H,1-8H2,(H,13,14). The van der Waals surface area contributed by atoms with Crippen LogP contribution < -0.4 is 10.6 Å². The molecule has 1 aliphatic heterocycles. The van der Waals surface area contributed by atoms with Crippen LogP contribution in [0.5, 0.6) is 0 Å². The molecule has 1 aliphatic carbocycles. The first-order chi connectivity index (χ1) is 7.34. The molecule has 2 fully saturated rings. The van der Waals surface area contributed by atoms with Crippen LogP contribution in [0.15, 0.2) is 0 Å². The predicted octanol–water partition coefficient (Wildman–Crippen LogP) is 0.281. The Kier molecular flexibility index (Phi) is 3.97. The summed E-state index contributed by atoms with van der Waals surface area (Å²) in [6.45, 7) is 3.54. The second-order valence-electron chi connectivity index (χ2n) is 4.53. The second kappa shape index (κ2) is 5.47. The van der Waals surface area contributed by atoms with Gasteiger partial charge in [0.25, 0.3) is 0 Å². The first-order valence-electron chi connectivity index (χ1n) is 5.92. The molecule has 0 bridgehead atoms. The molecule has 1 atom stereocenters. The quantitative estimate of drug-likeness (QED) is 0.622. The number of rotatable bonds is 6. The molecule has 1 unspecified atom stereocenters. The summed E-state index contributed by atoms with van der Waals surface area (Å²) in [7, 11) is 0. The van der Waals surface area contributed by atoms with Crippen LogP contribution in [0.4, 0.5) is 0 Å². The van der Waals surface area contributed by atoms with Crippen molar-refractivity contribution < 1.29 is 9.53 Å². The lowest BCUT2D eigenvalue weighted by atomic mass is 10.1. The van der Waals surface area contributed by atoms with Gasteiger partial charge in [0, 0.05) is 32.2 Å². The Labute approximate surface area is 90.8 Å². The van der Waals surface area contributed by atoms with E-state index in [-0.39, 0.29) is 5.91 Å². The van der Waals surface area contributed by atoms with Crippen LogP contribution in [0.1, 0.15) is 25.7 Å². The van der Waals surface area contributed by atoms with E-state index in [9.17, 15) is 4.79 Å². The number of nitrogens with one attached hydrogen (secondary N) is 2. The van der Waals surface area contributed by atoms with Crippen molar-refractivity contribution >= 4 is 5.91 Å². The van der Waals surface area contributed by atoms with Gasteiger partial charge < -0.3 is 15.4 Å². The number of amides is 1. The van der Waals surface area contributed by atoms with Gasteiger partial charge >= 0.3 is 0 Å². The molecule has 1 amide bonds. The average Bonchev–Trinajstić information content (AvgIpc) is 2.87. The van der Waals surface area contributed by atoms with Crippen LogP contribution in [-0.4, -0.2) is 38.3 Å². The van der Waals surface area contributed by atoms with Crippen molar-refractivity contribution in [3.63, 3.8) is 0 Å². The fourth-order valence-corrected chi connectivity index (χ4v) is 1.78. The highest BCUT2D eigenvalue weighted by Crippen LogP contribution is 2.18. The fourth-order valence-electron chi connectivity index (χ4n) is 1.78. The summed E-state index contributed by atoms with van der Waals surface area (Å²) in [6, 6.07) is 0.487. The summed E-state index contributed by atoms with van der Waals surface area (Å²) in [5.74, 6) is 0.837. The first kappa shape index (κ1) is 10.9. The topological polar surface area (TPSA) is 50.4 Å². The van der Waals surface area contributed by atoms with Crippen molar-refractivity contribution in [2.45, 2.75) is 31.7 Å². The minimum Gasteiger partial charge on any atom is -0.381 e. The molecule has 1 saturated carbocycles. The maximum absolute atomic E-state index is 11.3. The summed E-state index contributed by atoms with van der Waals surface area (Å²) in [5.41, 5.74) is 0. The van der Waals surface area contributed by atoms with Crippen LogP contribution in [0, 0.1) is 5.92 Å². The van der Waals surface area contributed by atoms with Crippen molar-refractivity contribution in [1.29, 1.82) is 0 Å². The Morgan fingerprint density at radius 1 is 1.33 bits per heavy atom. The highest BCUT2D eigenvalue weighted by Gasteiger charge is 2.22. The zero-order valence-electron chi connectivity index (χ0n) is 9.13. The smallest absolute Gasteiger partial charge is 0.221 e. The lowest BCUT2D eigenvalue weighted by molar-refractivity contribution is -0.121. The van der Waals surface area contributed by atoms with Crippen LogP contribution >= 0.6 is 0 Å². The van der Waals surface area contributed by atoms with Gasteiger partial charge in [-0.15, -0.1) is 0 Å². The molecule has 2 rings (SSSR count). The number of hydrogen-bond acceptors (Lipinski definition) is 3.